The molecule has 0 aliphatic heterocycles. The van der Waals surface area contributed by atoms with Gasteiger partial charge in [0.2, 0.25) is 0 Å². The summed E-state index contributed by atoms with van der Waals surface area (Å²) < 4.78 is 12.4. The van der Waals surface area contributed by atoms with Crippen molar-refractivity contribution in [1.29, 1.82) is 0 Å². The number of carbonyl (C=O) groups excluding carboxylic acids is 1. The zero-order valence-corrected chi connectivity index (χ0v) is 13.7. The van der Waals surface area contributed by atoms with Gasteiger partial charge in [-0.25, -0.2) is 4.98 Å². The number of nitrogens with one attached hydrogen (secondary N) is 1. The summed E-state index contributed by atoms with van der Waals surface area (Å²) in [5.74, 6) is 1.08. The van der Waals surface area contributed by atoms with Gasteiger partial charge in [-0.1, -0.05) is 0 Å². The second kappa shape index (κ2) is 7.22. The maximum atomic E-state index is 12.3. The predicted molar refractivity (Wildman–Crippen MR) is 86.4 cm³/mol. The van der Waals surface area contributed by atoms with Crippen molar-refractivity contribution in [2.24, 2.45) is 0 Å². The molecule has 0 fully saturated rings. The largest absolute Gasteiger partial charge is 0.441 e. The highest BCUT2D eigenvalue weighted by molar-refractivity contribution is 5.96. The number of carbonyl (C=O) groups is 1. The molecule has 1 N–H and O–H groups in total. The van der Waals surface area contributed by atoms with Crippen LogP contribution in [0.2, 0.25) is 0 Å². The Morgan fingerprint density at radius 3 is 3.12 bits per heavy atom. The van der Waals surface area contributed by atoms with Crippen LogP contribution in [-0.2, 0) is 17.8 Å². The first kappa shape index (κ1) is 16.1. The van der Waals surface area contributed by atoms with Gasteiger partial charge in [-0.3, -0.25) is 4.79 Å². The van der Waals surface area contributed by atoms with E-state index in [1.54, 1.807) is 38.6 Å². The van der Waals surface area contributed by atoms with E-state index in [0.717, 1.165) is 18.5 Å². The summed E-state index contributed by atoms with van der Waals surface area (Å²) in [4.78, 5) is 16.5. The minimum atomic E-state index is -0.197. The molecule has 3 aromatic rings. The lowest BCUT2D eigenvalue weighted by Gasteiger charge is -2.07. The van der Waals surface area contributed by atoms with Crippen LogP contribution < -0.4 is 5.32 Å². The van der Waals surface area contributed by atoms with Gasteiger partial charge in [-0.15, -0.1) is 10.2 Å². The highest BCUT2D eigenvalue weighted by atomic mass is 16.5. The molecule has 0 radical (unpaired) electrons. The van der Waals surface area contributed by atoms with Crippen molar-refractivity contribution < 1.29 is 13.9 Å². The molecule has 24 heavy (non-hydrogen) atoms. The van der Waals surface area contributed by atoms with E-state index in [4.69, 9.17) is 9.15 Å². The summed E-state index contributed by atoms with van der Waals surface area (Å²) >= 11 is 0. The first-order chi connectivity index (χ1) is 11.7. The Morgan fingerprint density at radius 2 is 2.29 bits per heavy atom. The molecule has 126 valence electrons. The van der Waals surface area contributed by atoms with Gasteiger partial charge in [-0.05, 0) is 24.6 Å². The van der Waals surface area contributed by atoms with Crippen molar-refractivity contribution >= 4 is 17.0 Å². The van der Waals surface area contributed by atoms with Gasteiger partial charge in [0.1, 0.15) is 11.8 Å². The van der Waals surface area contributed by atoms with E-state index in [1.807, 2.05) is 4.57 Å². The Hall–Kier alpha value is -2.74. The summed E-state index contributed by atoms with van der Waals surface area (Å²) in [6.07, 6.45) is 2.51. The van der Waals surface area contributed by atoms with Crippen LogP contribution in [-0.4, -0.2) is 39.4 Å². The minimum absolute atomic E-state index is 0.197. The molecule has 2 aromatic heterocycles. The number of oxazole rings is 1. The van der Waals surface area contributed by atoms with Gasteiger partial charge >= 0.3 is 0 Å². The minimum Gasteiger partial charge on any atom is -0.441 e. The number of hydrogen-bond donors (Lipinski definition) is 1. The highest BCUT2D eigenvalue weighted by Crippen LogP contribution is 2.16. The smallest absolute Gasteiger partial charge is 0.251 e. The number of benzene rings is 1. The number of fused-ring (bicyclic) bond motifs is 1. The molecule has 8 nitrogen and oxygen atoms in total. The quantitative estimate of drug-likeness (QED) is 0.663. The standard InChI is InChI=1S/C16H19N5O3/c1-11-19-13-5-4-12(8-14(13)24-11)16(22)17-9-15-20-18-10-21(15)6-3-7-23-2/h4-5,8,10H,3,6-7,9H2,1-2H3,(H,17,22). The van der Waals surface area contributed by atoms with Crippen LogP contribution in [0.1, 0.15) is 28.5 Å². The van der Waals surface area contributed by atoms with Gasteiger partial charge in [0.15, 0.2) is 17.3 Å². The molecule has 1 aromatic carbocycles. The number of amides is 1. The van der Waals surface area contributed by atoms with Crippen molar-refractivity contribution in [3.63, 3.8) is 0 Å². The van der Waals surface area contributed by atoms with Crippen LogP contribution in [0.5, 0.6) is 0 Å². The molecule has 0 aliphatic carbocycles. The Labute approximate surface area is 138 Å². The lowest BCUT2D eigenvalue weighted by atomic mass is 10.2. The van der Waals surface area contributed by atoms with Crippen LogP contribution >= 0.6 is 0 Å². The van der Waals surface area contributed by atoms with Crippen molar-refractivity contribution in [3.05, 3.63) is 41.8 Å². The second-order valence-corrected chi connectivity index (χ2v) is 5.38. The molecule has 8 heteroatoms. The fourth-order valence-corrected chi connectivity index (χ4v) is 2.42. The molecule has 0 aliphatic rings. The third kappa shape index (κ3) is 3.60. The van der Waals surface area contributed by atoms with Crippen LogP contribution in [0.4, 0.5) is 0 Å². The first-order valence-electron chi connectivity index (χ1n) is 7.68. The molecule has 3 rings (SSSR count). The van der Waals surface area contributed by atoms with E-state index in [0.29, 0.717) is 36.0 Å². The third-order valence-corrected chi connectivity index (χ3v) is 3.61. The van der Waals surface area contributed by atoms with E-state index in [-0.39, 0.29) is 5.91 Å². The van der Waals surface area contributed by atoms with Crippen molar-refractivity contribution in [2.75, 3.05) is 13.7 Å². The summed E-state index contributed by atoms with van der Waals surface area (Å²) in [6, 6.07) is 5.19. The third-order valence-electron chi connectivity index (χ3n) is 3.61. The topological polar surface area (TPSA) is 95.1 Å². The number of hydrogen-bond acceptors (Lipinski definition) is 6. The maximum absolute atomic E-state index is 12.3. The average Bonchev–Trinajstić information content (AvgIpc) is 3.17. The summed E-state index contributed by atoms with van der Waals surface area (Å²) in [6.45, 7) is 3.49. The molecular formula is C16H19N5O3. The lowest BCUT2D eigenvalue weighted by Crippen LogP contribution is -2.24. The number of ether oxygens (including phenoxy) is 1. The van der Waals surface area contributed by atoms with Gasteiger partial charge in [0.25, 0.3) is 5.91 Å². The average molecular weight is 329 g/mol. The van der Waals surface area contributed by atoms with Crippen molar-refractivity contribution in [1.82, 2.24) is 25.1 Å². The second-order valence-electron chi connectivity index (χ2n) is 5.38. The number of aryl methyl sites for hydroxylation is 2. The van der Waals surface area contributed by atoms with E-state index in [2.05, 4.69) is 20.5 Å². The van der Waals surface area contributed by atoms with Gasteiger partial charge in [-0.2, -0.15) is 0 Å². The van der Waals surface area contributed by atoms with Crippen molar-refractivity contribution in [2.45, 2.75) is 26.4 Å². The van der Waals surface area contributed by atoms with E-state index in [9.17, 15) is 4.79 Å². The molecule has 0 bridgehead atoms. The zero-order chi connectivity index (χ0) is 16.9. The fraction of sp³-hybridized carbons (Fsp3) is 0.375. The van der Waals surface area contributed by atoms with E-state index < -0.39 is 0 Å². The number of methoxy groups -OCH3 is 1. The normalized spacial score (nSPS) is 11.1. The summed E-state index contributed by atoms with van der Waals surface area (Å²) in [5, 5.41) is 10.8. The van der Waals surface area contributed by atoms with Crippen LogP contribution in [0, 0.1) is 6.92 Å². The SMILES string of the molecule is COCCCn1cnnc1CNC(=O)c1ccc2nc(C)oc2c1. The van der Waals surface area contributed by atoms with Gasteiger partial charge in [0, 0.05) is 32.7 Å². The van der Waals surface area contributed by atoms with E-state index >= 15 is 0 Å². The highest BCUT2D eigenvalue weighted by Gasteiger charge is 2.11. The molecule has 0 saturated carbocycles. The van der Waals surface area contributed by atoms with Crippen LogP contribution in [0.15, 0.2) is 28.9 Å². The fourth-order valence-electron chi connectivity index (χ4n) is 2.42. The lowest BCUT2D eigenvalue weighted by molar-refractivity contribution is 0.0949. The maximum Gasteiger partial charge on any atom is 0.251 e. The molecular weight excluding hydrogens is 310 g/mol. The molecule has 0 saturated heterocycles. The number of aromatic nitrogens is 4. The van der Waals surface area contributed by atoms with Gasteiger partial charge < -0.3 is 19.0 Å². The Bertz CT molecular complexity index is 839. The van der Waals surface area contributed by atoms with Crippen LogP contribution in [0.25, 0.3) is 11.1 Å². The predicted octanol–water partition coefficient (Wildman–Crippen LogP) is 1.69. The van der Waals surface area contributed by atoms with Crippen molar-refractivity contribution in [3.8, 4) is 0 Å². The zero-order valence-electron chi connectivity index (χ0n) is 13.7. The monoisotopic (exact) mass is 329 g/mol. The molecule has 0 unspecified atom stereocenters. The van der Waals surface area contributed by atoms with Gasteiger partial charge in [0.05, 0.1) is 6.54 Å². The molecule has 0 spiro atoms. The Morgan fingerprint density at radius 1 is 1.42 bits per heavy atom. The number of nitrogens with zero attached hydrogens (tertiary/aromatic N) is 4. The van der Waals surface area contributed by atoms with Crippen LogP contribution in [0.3, 0.4) is 0 Å². The summed E-state index contributed by atoms with van der Waals surface area (Å²) in [5.41, 5.74) is 1.86. The van der Waals surface area contributed by atoms with E-state index in [1.165, 1.54) is 0 Å². The first-order valence-corrected chi connectivity index (χ1v) is 7.68. The molecule has 1 amide bonds. The Kier molecular flexibility index (Phi) is 4.85. The molecule has 2 heterocycles. The summed E-state index contributed by atoms with van der Waals surface area (Å²) in [7, 11) is 1.67. The number of rotatable bonds is 7. The Balaban J connectivity index is 1.63. The molecule has 0 atom stereocenters.